The molecule has 236 valence electrons. The van der Waals surface area contributed by atoms with Crippen LogP contribution in [0, 0.1) is 0 Å². The zero-order valence-electron chi connectivity index (χ0n) is 24.4. The minimum atomic E-state index is -2.74. The normalized spacial score (nSPS) is 14.8. The maximum Gasteiger partial charge on any atom is 0.336 e. The van der Waals surface area contributed by atoms with E-state index in [4.69, 9.17) is 34.9 Å². The van der Waals surface area contributed by atoms with Crippen LogP contribution in [0.4, 0.5) is 0 Å². The van der Waals surface area contributed by atoms with E-state index in [-0.39, 0.29) is 11.5 Å². The third kappa shape index (κ3) is 9.69. The second-order valence-electron chi connectivity index (χ2n) is 10.2. The summed E-state index contributed by atoms with van der Waals surface area (Å²) < 4.78 is 11.0. The van der Waals surface area contributed by atoms with Crippen molar-refractivity contribution >= 4 is 17.9 Å². The van der Waals surface area contributed by atoms with Crippen molar-refractivity contribution in [2.24, 2.45) is 0 Å². The number of nitrogens with zero attached hydrogens (tertiary/aromatic N) is 3. The molecule has 14 heteroatoms. The fourth-order valence-electron chi connectivity index (χ4n) is 4.78. The molecule has 2 aromatic heterocycles. The summed E-state index contributed by atoms with van der Waals surface area (Å²) >= 11 is 0. The summed E-state index contributed by atoms with van der Waals surface area (Å²) in [5.74, 6) is -3.33. The number of aromatic amines is 1. The fourth-order valence-corrected chi connectivity index (χ4v) is 4.78. The number of hydrogen-bond acceptors (Lipinski definition) is 10. The number of benzene rings is 1. The van der Waals surface area contributed by atoms with E-state index in [1.54, 1.807) is 25.6 Å². The highest BCUT2D eigenvalue weighted by molar-refractivity contribution is 5.88. The third-order valence-corrected chi connectivity index (χ3v) is 6.90. The minimum Gasteiger partial charge on any atom is -0.496 e. The molecule has 1 unspecified atom stereocenters. The molecule has 14 nitrogen and oxygen atoms in total. The van der Waals surface area contributed by atoms with E-state index in [0.29, 0.717) is 19.0 Å². The van der Waals surface area contributed by atoms with Crippen molar-refractivity contribution in [3.05, 3.63) is 76.0 Å². The highest BCUT2D eigenvalue weighted by Gasteiger charge is 2.40. The average Bonchev–Trinajstić information content (AvgIpc) is 3.44. The van der Waals surface area contributed by atoms with Gasteiger partial charge in [-0.05, 0) is 49.7 Å². The molecule has 1 aromatic carbocycles. The van der Waals surface area contributed by atoms with Crippen LogP contribution in [-0.4, -0.2) is 90.6 Å². The summed E-state index contributed by atoms with van der Waals surface area (Å²) in [6.07, 6.45) is 2.10. The van der Waals surface area contributed by atoms with E-state index in [0.717, 1.165) is 48.6 Å². The molecule has 0 spiro atoms. The fraction of sp³-hybridized carbons (Fsp3) is 0.400. The van der Waals surface area contributed by atoms with Gasteiger partial charge in [-0.3, -0.25) is 24.3 Å². The van der Waals surface area contributed by atoms with Gasteiger partial charge < -0.3 is 34.9 Å². The number of aliphatic carboxylic acids is 3. The highest BCUT2D eigenvalue weighted by atomic mass is 16.5. The summed E-state index contributed by atoms with van der Waals surface area (Å²) in [6.45, 7) is 5.90. The molecule has 0 bridgehead atoms. The molecule has 44 heavy (non-hydrogen) atoms. The van der Waals surface area contributed by atoms with Crippen LogP contribution in [0.1, 0.15) is 48.9 Å². The molecule has 1 atom stereocenters. The first kappa shape index (κ1) is 33.8. The number of carbonyl (C=O) groups is 3. The maximum atomic E-state index is 12.2. The predicted octanol–water partition coefficient (Wildman–Crippen LogP) is 2.12. The van der Waals surface area contributed by atoms with Crippen molar-refractivity contribution in [1.29, 1.82) is 0 Å². The molecule has 0 radical (unpaired) electrons. The van der Waals surface area contributed by atoms with Gasteiger partial charge in [-0.25, -0.2) is 9.78 Å². The Labute approximate surface area is 252 Å². The molecule has 0 amide bonds. The number of ether oxygens (including phenoxy) is 2. The Kier molecular flexibility index (Phi) is 12.1. The first-order valence-corrected chi connectivity index (χ1v) is 13.8. The second kappa shape index (κ2) is 15.7. The lowest BCUT2D eigenvalue weighted by molar-refractivity contribution is -0.170. The van der Waals surface area contributed by atoms with Gasteiger partial charge in [-0.15, -0.1) is 0 Å². The topological polar surface area (TPSA) is 212 Å². The molecule has 0 saturated carbocycles. The molecule has 4 rings (SSSR count). The third-order valence-electron chi connectivity index (χ3n) is 6.90. The Morgan fingerprint density at radius 2 is 1.75 bits per heavy atom. The number of carboxylic acid groups (broad SMARTS) is 3. The van der Waals surface area contributed by atoms with Crippen molar-refractivity contribution in [2.45, 2.75) is 50.9 Å². The van der Waals surface area contributed by atoms with E-state index in [1.807, 2.05) is 25.1 Å². The number of likely N-dealkylation sites (tertiary alicyclic amines) is 1. The molecular weight excluding hydrogens is 576 g/mol. The smallest absolute Gasteiger partial charge is 0.336 e. The van der Waals surface area contributed by atoms with Crippen LogP contribution in [0.25, 0.3) is 11.4 Å². The maximum absolute atomic E-state index is 12.2. The minimum absolute atomic E-state index is 0.119. The number of aliphatic hydroxyl groups is 1. The van der Waals surface area contributed by atoms with E-state index in [2.05, 4.69) is 27.0 Å². The molecule has 5 N–H and O–H groups in total. The Bertz CT molecular complexity index is 1480. The lowest BCUT2D eigenvalue weighted by Gasteiger charge is -2.18. The van der Waals surface area contributed by atoms with Gasteiger partial charge in [0, 0.05) is 55.2 Å². The summed E-state index contributed by atoms with van der Waals surface area (Å²) in [5.41, 5.74) is 1.15. The van der Waals surface area contributed by atoms with Gasteiger partial charge in [0.05, 0.1) is 32.3 Å². The van der Waals surface area contributed by atoms with Crippen molar-refractivity contribution in [2.75, 3.05) is 26.8 Å². The standard InChI is InChI=1S/C24H28N4O3.C6H8O7/c1-3-31-16-20-12-17(4-5-22(20)30-2)14-28-11-8-19(15-28)21-13-23(29)27-24(26-21)18-6-9-25-10-7-18;7-3(8)1-6(13,5(11)12)2-4(9)10/h4-7,9-10,12-13,19H,3,8,11,14-16H2,1-2H3,(H,26,27,29);13H,1-2H2,(H,7,8)(H,9,10)(H,11,12). The molecular formula is C30H36N4O10. The van der Waals surface area contributed by atoms with Crippen LogP contribution in [0.15, 0.2) is 53.6 Å². The van der Waals surface area contributed by atoms with Gasteiger partial charge in [-0.1, -0.05) is 6.07 Å². The molecule has 3 aromatic rings. The number of rotatable bonds is 13. The van der Waals surface area contributed by atoms with Crippen LogP contribution >= 0.6 is 0 Å². The van der Waals surface area contributed by atoms with Crippen molar-refractivity contribution in [3.63, 3.8) is 0 Å². The SMILES string of the molecule is CCOCc1cc(CN2CCC(c3cc(=O)[nH]c(-c4ccncc4)n3)C2)ccc1OC.O=C(O)CC(O)(CC(=O)O)C(=O)O. The molecule has 1 saturated heterocycles. The highest BCUT2D eigenvalue weighted by Crippen LogP contribution is 2.29. The summed E-state index contributed by atoms with van der Waals surface area (Å²) in [6, 6.07) is 11.6. The van der Waals surface area contributed by atoms with Crippen LogP contribution in [0.3, 0.4) is 0 Å². The van der Waals surface area contributed by atoms with Gasteiger partial charge in [0.2, 0.25) is 0 Å². The van der Waals surface area contributed by atoms with Gasteiger partial charge in [-0.2, -0.15) is 0 Å². The van der Waals surface area contributed by atoms with Gasteiger partial charge >= 0.3 is 17.9 Å². The second-order valence-corrected chi connectivity index (χ2v) is 10.2. The largest absolute Gasteiger partial charge is 0.496 e. The molecule has 0 aliphatic carbocycles. The number of H-pyrrole nitrogens is 1. The van der Waals surface area contributed by atoms with Crippen LogP contribution < -0.4 is 10.3 Å². The van der Waals surface area contributed by atoms with E-state index < -0.39 is 36.4 Å². The summed E-state index contributed by atoms with van der Waals surface area (Å²) in [7, 11) is 1.68. The van der Waals surface area contributed by atoms with Crippen LogP contribution in [0.2, 0.25) is 0 Å². The van der Waals surface area contributed by atoms with Crippen molar-refractivity contribution in [3.8, 4) is 17.1 Å². The number of carboxylic acids is 3. The number of pyridine rings is 1. The van der Waals surface area contributed by atoms with E-state index in [9.17, 15) is 19.2 Å². The van der Waals surface area contributed by atoms with Crippen LogP contribution in [-0.2, 0) is 32.3 Å². The first-order chi connectivity index (χ1) is 20.9. The average molecular weight is 613 g/mol. The van der Waals surface area contributed by atoms with E-state index >= 15 is 0 Å². The lowest BCUT2D eigenvalue weighted by atomic mass is 9.96. The Balaban J connectivity index is 0.000000345. The summed E-state index contributed by atoms with van der Waals surface area (Å²) in [4.78, 5) is 56.8. The number of aromatic nitrogens is 3. The van der Waals surface area contributed by atoms with Crippen LogP contribution in [0.5, 0.6) is 5.75 Å². The zero-order chi connectivity index (χ0) is 32.3. The summed E-state index contributed by atoms with van der Waals surface area (Å²) in [5, 5.41) is 33.8. The predicted molar refractivity (Wildman–Crippen MR) is 156 cm³/mol. The molecule has 1 aliphatic heterocycles. The Morgan fingerprint density at radius 1 is 1.07 bits per heavy atom. The van der Waals surface area contributed by atoms with Crippen molar-refractivity contribution in [1.82, 2.24) is 19.9 Å². The number of hydrogen-bond donors (Lipinski definition) is 5. The molecule has 3 heterocycles. The quantitative estimate of drug-likeness (QED) is 0.187. The van der Waals surface area contributed by atoms with Gasteiger partial charge in [0.25, 0.3) is 5.56 Å². The number of nitrogens with one attached hydrogen (secondary N) is 1. The Hall–Kier alpha value is -4.66. The molecule has 1 aliphatic rings. The molecule has 1 fully saturated rings. The van der Waals surface area contributed by atoms with Gasteiger partial charge in [0.15, 0.2) is 5.60 Å². The lowest BCUT2D eigenvalue weighted by Crippen LogP contribution is -2.42. The first-order valence-electron chi connectivity index (χ1n) is 13.8. The van der Waals surface area contributed by atoms with Gasteiger partial charge in [0.1, 0.15) is 11.6 Å². The number of methoxy groups -OCH3 is 1. The Morgan fingerprint density at radius 3 is 2.34 bits per heavy atom. The zero-order valence-corrected chi connectivity index (χ0v) is 24.4. The monoisotopic (exact) mass is 612 g/mol. The van der Waals surface area contributed by atoms with Crippen molar-refractivity contribution < 1.29 is 44.3 Å². The van der Waals surface area contributed by atoms with E-state index in [1.165, 1.54) is 5.56 Å².